The first-order valence-corrected chi connectivity index (χ1v) is 26.0. The van der Waals surface area contributed by atoms with Gasteiger partial charge in [0.15, 0.2) is 6.10 Å². The van der Waals surface area contributed by atoms with Crippen LogP contribution in [-0.4, -0.2) is 75.5 Å². The quantitative estimate of drug-likeness (QED) is 0.0259. The number of likely N-dealkylation sites (N-methyl/N-ethyl adjacent to an activating group) is 1. The highest BCUT2D eigenvalue weighted by Gasteiger charge is 2.25. The Morgan fingerprint density at radius 1 is 0.469 bits per heavy atom. The van der Waals surface area contributed by atoms with Crippen molar-refractivity contribution in [3.05, 3.63) is 72.9 Å². The van der Waals surface area contributed by atoms with E-state index in [1.807, 2.05) is 0 Å². The maximum atomic E-state index is 12.8. The zero-order valence-corrected chi connectivity index (χ0v) is 41.9. The van der Waals surface area contributed by atoms with Gasteiger partial charge in [-0.05, 0) is 89.9 Å². The maximum absolute atomic E-state index is 12.8. The zero-order valence-electron chi connectivity index (χ0n) is 41.9. The summed E-state index contributed by atoms with van der Waals surface area (Å²) in [7, 11) is 5.39. The molecule has 2 atom stereocenters. The molecule has 0 rings (SSSR count). The van der Waals surface area contributed by atoms with Gasteiger partial charge in [-0.25, -0.2) is 0 Å². The Balaban J connectivity index is 4.35. The van der Waals surface area contributed by atoms with Crippen LogP contribution in [0, 0.1) is 0 Å². The standard InChI is InChI=1S/C56H97NO7/c1-6-8-10-12-14-16-18-20-22-24-26-27-29-31-33-35-37-39-41-43-45-47-55(59)64-52(50-62-49-48-53(56(60)61)57(3,4)5)51-63-54(58)46-44-42-40-38-36-34-32-30-28-25-23-21-19-17-15-13-11-9-7-2/h14,16,20,22,25-28,31,33,37,39,52-53H,6-13,15,17-19,21,23-24,29-30,32,34-36,38,40-51H2,1-5H3/b16-14+,22-20+,27-26+,28-25+,33-31+,39-37+. The second-order valence-corrected chi connectivity index (χ2v) is 18.4. The predicted octanol–water partition coefficient (Wildman–Crippen LogP) is 13.8. The van der Waals surface area contributed by atoms with Crippen LogP contribution >= 0.6 is 0 Å². The minimum absolute atomic E-state index is 0.0190. The van der Waals surface area contributed by atoms with Gasteiger partial charge in [0.25, 0.3) is 0 Å². The van der Waals surface area contributed by atoms with E-state index in [2.05, 4.69) is 86.8 Å². The highest BCUT2D eigenvalue weighted by Crippen LogP contribution is 2.14. The summed E-state index contributed by atoms with van der Waals surface area (Å²) in [5.41, 5.74) is 0. The molecule has 0 aromatic rings. The van der Waals surface area contributed by atoms with Crippen LogP contribution in [0.1, 0.15) is 213 Å². The predicted molar refractivity (Wildman–Crippen MR) is 268 cm³/mol. The van der Waals surface area contributed by atoms with Gasteiger partial charge in [-0.15, -0.1) is 0 Å². The third-order valence-electron chi connectivity index (χ3n) is 11.3. The number of carboxylic acid groups (broad SMARTS) is 1. The molecular weight excluding hydrogens is 799 g/mol. The first-order chi connectivity index (χ1) is 31.1. The topological polar surface area (TPSA) is 102 Å². The van der Waals surface area contributed by atoms with Crippen molar-refractivity contribution >= 4 is 17.9 Å². The average molecular weight is 896 g/mol. The molecule has 0 bridgehead atoms. The van der Waals surface area contributed by atoms with Crippen LogP contribution in [0.2, 0.25) is 0 Å². The normalized spacial score (nSPS) is 13.5. The van der Waals surface area contributed by atoms with Crippen molar-refractivity contribution in [2.75, 3.05) is 41.0 Å². The summed E-state index contributed by atoms with van der Waals surface area (Å²) < 4.78 is 17.2. The summed E-state index contributed by atoms with van der Waals surface area (Å²) in [5, 5.41) is 11.7. The molecule has 8 nitrogen and oxygen atoms in total. The molecule has 0 saturated heterocycles. The molecule has 0 aliphatic rings. The highest BCUT2D eigenvalue weighted by molar-refractivity contribution is 5.70. The molecule has 8 heteroatoms. The maximum Gasteiger partial charge on any atom is 0.306 e. The van der Waals surface area contributed by atoms with Crippen molar-refractivity contribution in [3.8, 4) is 0 Å². The number of carboxylic acids is 1. The van der Waals surface area contributed by atoms with Gasteiger partial charge in [-0.3, -0.25) is 9.59 Å². The fourth-order valence-electron chi connectivity index (χ4n) is 7.26. The number of carbonyl (C=O) groups excluding carboxylic acids is 3. The Hall–Kier alpha value is -3.23. The Morgan fingerprint density at radius 3 is 1.30 bits per heavy atom. The number of esters is 2. The smallest absolute Gasteiger partial charge is 0.306 e. The lowest BCUT2D eigenvalue weighted by molar-refractivity contribution is -0.889. The summed E-state index contributed by atoms with van der Waals surface area (Å²) in [6.45, 7) is 4.59. The molecule has 0 radical (unpaired) electrons. The van der Waals surface area contributed by atoms with Crippen molar-refractivity contribution in [3.63, 3.8) is 0 Å². The van der Waals surface area contributed by atoms with Crippen LogP contribution in [0.5, 0.6) is 0 Å². The summed E-state index contributed by atoms with van der Waals surface area (Å²) in [6.07, 6.45) is 59.3. The summed E-state index contributed by atoms with van der Waals surface area (Å²) >= 11 is 0. The molecule has 368 valence electrons. The largest absolute Gasteiger partial charge is 0.544 e. The van der Waals surface area contributed by atoms with Crippen LogP contribution in [0.4, 0.5) is 0 Å². The first-order valence-electron chi connectivity index (χ1n) is 26.0. The van der Waals surface area contributed by atoms with E-state index in [0.717, 1.165) is 57.8 Å². The zero-order chi connectivity index (χ0) is 47.0. The number of unbranched alkanes of at least 4 members (excludes halogenated alkanes) is 20. The molecule has 0 spiro atoms. The number of rotatable bonds is 46. The van der Waals surface area contributed by atoms with E-state index in [4.69, 9.17) is 14.2 Å². The molecule has 0 aliphatic heterocycles. The molecule has 0 heterocycles. The Kier molecular flexibility index (Phi) is 44.0. The van der Waals surface area contributed by atoms with E-state index in [1.54, 1.807) is 21.1 Å². The molecular formula is C56H97NO7. The van der Waals surface area contributed by atoms with E-state index < -0.39 is 18.1 Å². The summed E-state index contributed by atoms with van der Waals surface area (Å²) in [5.74, 6) is -1.80. The molecule has 0 fully saturated rings. The number of aliphatic carboxylic acids is 1. The molecule has 64 heavy (non-hydrogen) atoms. The minimum atomic E-state index is -1.13. The van der Waals surface area contributed by atoms with Gasteiger partial charge in [0, 0.05) is 19.3 Å². The lowest BCUT2D eigenvalue weighted by atomic mass is 10.1. The average Bonchev–Trinajstić information content (AvgIpc) is 3.26. The lowest BCUT2D eigenvalue weighted by Crippen LogP contribution is -2.55. The number of nitrogens with zero attached hydrogens (tertiary/aromatic N) is 1. The fraction of sp³-hybridized carbons (Fsp3) is 0.732. The molecule has 2 unspecified atom stereocenters. The van der Waals surface area contributed by atoms with Crippen molar-refractivity contribution in [1.29, 1.82) is 0 Å². The van der Waals surface area contributed by atoms with E-state index in [-0.39, 0.29) is 49.1 Å². The van der Waals surface area contributed by atoms with Gasteiger partial charge in [-0.2, -0.15) is 0 Å². The number of allylic oxidation sites excluding steroid dienone is 12. The Morgan fingerprint density at radius 2 is 0.828 bits per heavy atom. The van der Waals surface area contributed by atoms with Gasteiger partial charge >= 0.3 is 11.9 Å². The van der Waals surface area contributed by atoms with Crippen molar-refractivity contribution in [2.24, 2.45) is 0 Å². The van der Waals surface area contributed by atoms with Crippen LogP contribution in [0.15, 0.2) is 72.9 Å². The Labute approximate surface area is 393 Å². The summed E-state index contributed by atoms with van der Waals surface area (Å²) in [6, 6.07) is -0.738. The van der Waals surface area contributed by atoms with Crippen molar-refractivity contribution in [1.82, 2.24) is 0 Å². The Bertz CT molecular complexity index is 1270. The van der Waals surface area contributed by atoms with E-state index in [9.17, 15) is 19.5 Å². The third kappa shape index (κ3) is 44.0. The van der Waals surface area contributed by atoms with Crippen molar-refractivity contribution in [2.45, 2.75) is 225 Å². The molecule has 0 N–H and O–H groups in total. The van der Waals surface area contributed by atoms with Crippen LogP contribution in [-0.2, 0) is 28.6 Å². The number of hydrogen-bond acceptors (Lipinski definition) is 7. The number of ether oxygens (including phenoxy) is 3. The molecule has 0 aliphatic carbocycles. The van der Waals surface area contributed by atoms with Crippen molar-refractivity contribution < 1.29 is 38.2 Å². The molecule has 0 saturated carbocycles. The first kappa shape index (κ1) is 60.8. The highest BCUT2D eigenvalue weighted by atomic mass is 16.6. The van der Waals surface area contributed by atoms with Gasteiger partial charge in [0.2, 0.25) is 0 Å². The van der Waals surface area contributed by atoms with Crippen LogP contribution in [0.3, 0.4) is 0 Å². The molecule has 0 aromatic heterocycles. The minimum Gasteiger partial charge on any atom is -0.544 e. The lowest BCUT2D eigenvalue weighted by Gasteiger charge is -2.34. The molecule has 0 amide bonds. The van der Waals surface area contributed by atoms with Gasteiger partial charge in [-0.1, -0.05) is 177 Å². The second-order valence-electron chi connectivity index (χ2n) is 18.4. The van der Waals surface area contributed by atoms with Crippen LogP contribution in [0.25, 0.3) is 0 Å². The number of carbonyl (C=O) groups is 3. The fourth-order valence-corrected chi connectivity index (χ4v) is 7.26. The van der Waals surface area contributed by atoms with Gasteiger partial charge in [0.1, 0.15) is 12.6 Å². The molecule has 0 aromatic carbocycles. The third-order valence-corrected chi connectivity index (χ3v) is 11.3. The van der Waals surface area contributed by atoms with Gasteiger partial charge < -0.3 is 28.6 Å². The van der Waals surface area contributed by atoms with E-state index in [0.29, 0.717) is 12.8 Å². The van der Waals surface area contributed by atoms with Gasteiger partial charge in [0.05, 0.1) is 40.3 Å². The number of hydrogen-bond donors (Lipinski definition) is 0. The van der Waals surface area contributed by atoms with E-state index in [1.165, 1.54) is 116 Å². The second kappa shape index (κ2) is 46.3. The summed E-state index contributed by atoms with van der Waals surface area (Å²) in [4.78, 5) is 37.0. The monoisotopic (exact) mass is 896 g/mol. The number of quaternary nitrogens is 1. The van der Waals surface area contributed by atoms with Crippen LogP contribution < -0.4 is 5.11 Å². The van der Waals surface area contributed by atoms with E-state index >= 15 is 0 Å². The SMILES string of the molecule is CCCCC/C=C/C/C=C/C/C=C/C/C=C/C/C=C/CCCCC(=O)OC(COCCC(C(=O)[O-])[N+](C)(C)C)COC(=O)CCCCCCCCC/C=C/CCCCCCCCCC.